The molecule has 0 bridgehead atoms. The molecule has 1 amide bonds. The van der Waals surface area contributed by atoms with Crippen LogP contribution in [-0.2, 0) is 11.3 Å². The lowest BCUT2D eigenvalue weighted by atomic mass is 9.98. The van der Waals surface area contributed by atoms with Crippen molar-refractivity contribution in [2.75, 3.05) is 12.3 Å². The number of amides is 1. The van der Waals surface area contributed by atoms with Gasteiger partial charge in [0.15, 0.2) is 0 Å². The molecule has 0 spiro atoms. The van der Waals surface area contributed by atoms with Crippen molar-refractivity contribution in [3.63, 3.8) is 0 Å². The fourth-order valence-corrected chi connectivity index (χ4v) is 2.36. The van der Waals surface area contributed by atoms with Crippen molar-refractivity contribution in [1.82, 2.24) is 5.32 Å². The number of alkyl carbamates (subject to hydrolysis) is 1. The molecule has 136 valence electrons. The predicted molar refractivity (Wildman–Crippen MR) is 95.8 cm³/mol. The van der Waals surface area contributed by atoms with Crippen LogP contribution in [0.1, 0.15) is 29.2 Å². The van der Waals surface area contributed by atoms with Crippen molar-refractivity contribution in [3.05, 3.63) is 65.2 Å². The first-order valence-corrected chi connectivity index (χ1v) is 8.11. The summed E-state index contributed by atoms with van der Waals surface area (Å²) in [5.74, 6) is 0. The molecular weight excluding hydrogens is 334 g/mol. The lowest BCUT2D eigenvalue weighted by Crippen LogP contribution is -2.30. The van der Waals surface area contributed by atoms with E-state index in [4.69, 9.17) is 15.7 Å². The number of nitrogens with one attached hydrogen (secondary N) is 1. The van der Waals surface area contributed by atoms with E-state index in [9.17, 15) is 15.0 Å². The van der Waals surface area contributed by atoms with Crippen LogP contribution in [0, 0.1) is 11.3 Å². The second kappa shape index (κ2) is 9.42. The molecule has 0 fully saturated rings. The van der Waals surface area contributed by atoms with Gasteiger partial charge in [-0.25, -0.2) is 4.79 Å². The van der Waals surface area contributed by atoms with Crippen molar-refractivity contribution < 1.29 is 19.7 Å². The van der Waals surface area contributed by atoms with Crippen LogP contribution in [0.4, 0.5) is 10.5 Å². The molecule has 2 atom stereocenters. The van der Waals surface area contributed by atoms with Crippen LogP contribution in [0.25, 0.3) is 0 Å². The maximum absolute atomic E-state index is 11.6. The molecule has 2 aromatic carbocycles. The summed E-state index contributed by atoms with van der Waals surface area (Å²) in [4.78, 5) is 11.6. The number of nitrogen functional groups attached to an aromatic ring is 1. The minimum absolute atomic E-state index is 0.0951. The molecule has 0 saturated carbocycles. The van der Waals surface area contributed by atoms with E-state index >= 15 is 0 Å². The third-order valence-corrected chi connectivity index (χ3v) is 3.82. The van der Waals surface area contributed by atoms with Crippen LogP contribution in [0.2, 0.25) is 0 Å². The number of aliphatic hydroxyl groups excluding tert-OH is 2. The number of nitrogens with zero attached hydrogens (tertiary/aromatic N) is 1. The molecule has 7 heteroatoms. The first-order valence-electron chi connectivity index (χ1n) is 8.11. The van der Waals surface area contributed by atoms with Crippen LogP contribution >= 0.6 is 0 Å². The van der Waals surface area contributed by atoms with Crippen molar-refractivity contribution >= 4 is 11.8 Å². The highest BCUT2D eigenvalue weighted by Gasteiger charge is 2.21. The maximum atomic E-state index is 11.6. The molecule has 0 saturated heterocycles. The van der Waals surface area contributed by atoms with Gasteiger partial charge < -0.3 is 26.0 Å². The minimum Gasteiger partial charge on any atom is -0.445 e. The molecule has 0 aliphatic rings. The molecule has 2 rings (SSSR count). The van der Waals surface area contributed by atoms with Gasteiger partial charge >= 0.3 is 6.09 Å². The monoisotopic (exact) mass is 355 g/mol. The van der Waals surface area contributed by atoms with E-state index in [1.54, 1.807) is 0 Å². The van der Waals surface area contributed by atoms with Crippen LogP contribution in [0.15, 0.2) is 48.5 Å². The van der Waals surface area contributed by atoms with E-state index in [0.29, 0.717) is 5.56 Å². The summed E-state index contributed by atoms with van der Waals surface area (Å²) < 4.78 is 5.05. The van der Waals surface area contributed by atoms with Gasteiger partial charge in [0.25, 0.3) is 0 Å². The van der Waals surface area contributed by atoms with Crippen LogP contribution in [0.3, 0.4) is 0 Å². The lowest BCUT2D eigenvalue weighted by molar-refractivity contribution is 0.0140. The number of hydrogen-bond acceptors (Lipinski definition) is 6. The third-order valence-electron chi connectivity index (χ3n) is 3.82. The largest absolute Gasteiger partial charge is 0.445 e. The van der Waals surface area contributed by atoms with E-state index in [1.165, 1.54) is 18.2 Å². The summed E-state index contributed by atoms with van der Waals surface area (Å²) in [5, 5.41) is 31.7. The summed E-state index contributed by atoms with van der Waals surface area (Å²) in [6.07, 6.45) is -2.93. The molecule has 0 aromatic heterocycles. The van der Waals surface area contributed by atoms with Gasteiger partial charge in [-0.2, -0.15) is 5.26 Å². The number of nitrogens with two attached hydrogens (primary N) is 1. The summed E-state index contributed by atoms with van der Waals surface area (Å²) >= 11 is 0. The Hall–Kier alpha value is -3.08. The van der Waals surface area contributed by atoms with Crippen LogP contribution in [-0.4, -0.2) is 29.0 Å². The molecule has 0 heterocycles. The molecule has 0 aliphatic carbocycles. The zero-order valence-electron chi connectivity index (χ0n) is 14.1. The number of anilines is 1. The van der Waals surface area contributed by atoms with E-state index in [-0.39, 0.29) is 30.8 Å². The van der Waals surface area contributed by atoms with Gasteiger partial charge in [0.05, 0.1) is 17.7 Å². The van der Waals surface area contributed by atoms with E-state index in [0.717, 1.165) is 5.56 Å². The average Bonchev–Trinajstić information content (AvgIpc) is 2.67. The van der Waals surface area contributed by atoms with Crippen LogP contribution in [0.5, 0.6) is 0 Å². The maximum Gasteiger partial charge on any atom is 0.407 e. The Morgan fingerprint density at radius 1 is 1.23 bits per heavy atom. The fourth-order valence-electron chi connectivity index (χ4n) is 2.36. The Bertz CT molecular complexity index is 774. The zero-order chi connectivity index (χ0) is 18.9. The SMILES string of the molecule is N#Cc1ccc(N)c(C(O)C(O)CCNC(=O)OCc2ccccc2)c1. The molecular formula is C19H21N3O4. The molecule has 2 aromatic rings. The Balaban J connectivity index is 1.78. The van der Waals surface area contributed by atoms with Gasteiger partial charge in [-0.1, -0.05) is 30.3 Å². The summed E-state index contributed by atoms with van der Waals surface area (Å²) in [6.45, 7) is 0.263. The highest BCUT2D eigenvalue weighted by atomic mass is 16.5. The van der Waals surface area contributed by atoms with Crippen molar-refractivity contribution in [3.8, 4) is 6.07 Å². The standard InChI is InChI=1S/C19H21N3O4/c20-11-14-6-7-16(21)15(10-14)18(24)17(23)8-9-22-19(25)26-12-13-4-2-1-3-5-13/h1-7,10,17-18,23-24H,8-9,12,21H2,(H,22,25). The Labute approximate surface area is 151 Å². The predicted octanol–water partition coefficient (Wildman–Crippen LogP) is 1.85. The number of hydrogen-bond donors (Lipinski definition) is 4. The van der Waals surface area contributed by atoms with Crippen molar-refractivity contribution in [1.29, 1.82) is 5.26 Å². The number of benzene rings is 2. The van der Waals surface area contributed by atoms with Crippen molar-refractivity contribution in [2.24, 2.45) is 0 Å². The average molecular weight is 355 g/mol. The van der Waals surface area contributed by atoms with Gasteiger partial charge in [0.1, 0.15) is 12.7 Å². The van der Waals surface area contributed by atoms with Crippen molar-refractivity contribution in [2.45, 2.75) is 25.2 Å². The number of rotatable bonds is 7. The highest BCUT2D eigenvalue weighted by molar-refractivity contribution is 5.67. The number of carbonyl (C=O) groups is 1. The number of carbonyl (C=O) groups excluding carboxylic acids is 1. The topological polar surface area (TPSA) is 129 Å². The van der Waals surface area contributed by atoms with Gasteiger partial charge in [0, 0.05) is 17.8 Å². The summed E-state index contributed by atoms with van der Waals surface area (Å²) in [6, 6.07) is 15.7. The van der Waals surface area contributed by atoms with Gasteiger partial charge in [0.2, 0.25) is 0 Å². The molecule has 26 heavy (non-hydrogen) atoms. The molecule has 2 unspecified atom stereocenters. The third kappa shape index (κ3) is 5.48. The van der Waals surface area contributed by atoms with E-state index in [1.807, 2.05) is 36.4 Å². The molecule has 0 aliphatic heterocycles. The first-order chi connectivity index (χ1) is 12.5. The van der Waals surface area contributed by atoms with Gasteiger partial charge in [-0.3, -0.25) is 0 Å². The van der Waals surface area contributed by atoms with E-state index < -0.39 is 18.3 Å². The van der Waals surface area contributed by atoms with Crippen LogP contribution < -0.4 is 11.1 Å². The Kier molecular flexibility index (Phi) is 6.97. The van der Waals surface area contributed by atoms with Gasteiger partial charge in [-0.15, -0.1) is 0 Å². The summed E-state index contributed by atoms with van der Waals surface area (Å²) in [7, 11) is 0. The normalized spacial score (nSPS) is 12.7. The second-order valence-electron chi connectivity index (χ2n) is 5.74. The van der Waals surface area contributed by atoms with E-state index in [2.05, 4.69) is 5.32 Å². The second-order valence-corrected chi connectivity index (χ2v) is 5.74. The Morgan fingerprint density at radius 2 is 1.96 bits per heavy atom. The molecule has 0 radical (unpaired) electrons. The number of ether oxygens (including phenoxy) is 1. The fraction of sp³-hybridized carbons (Fsp3) is 0.263. The number of nitriles is 1. The zero-order valence-corrected chi connectivity index (χ0v) is 14.1. The Morgan fingerprint density at radius 3 is 2.65 bits per heavy atom. The minimum atomic E-state index is -1.26. The van der Waals surface area contributed by atoms with Gasteiger partial charge in [-0.05, 0) is 30.2 Å². The first kappa shape index (κ1) is 19.2. The number of aliphatic hydroxyl groups is 2. The smallest absolute Gasteiger partial charge is 0.407 e. The quantitative estimate of drug-likeness (QED) is 0.561. The lowest BCUT2D eigenvalue weighted by Gasteiger charge is -2.20. The summed E-state index contributed by atoms with van der Waals surface area (Å²) in [5.41, 5.74) is 7.55. The molecule has 5 N–H and O–H groups in total. The highest BCUT2D eigenvalue weighted by Crippen LogP contribution is 2.25. The molecule has 7 nitrogen and oxygen atoms in total.